The van der Waals surface area contributed by atoms with E-state index >= 15 is 0 Å². The molecule has 0 aliphatic carbocycles. The number of rotatable bonds is 3. The van der Waals surface area contributed by atoms with Gasteiger partial charge in [-0.15, -0.1) is 0 Å². The average molecular weight is 248 g/mol. The maximum Gasteiger partial charge on any atom is 0.228 e. The van der Waals surface area contributed by atoms with E-state index in [1.807, 2.05) is 19.9 Å². The molecule has 0 bridgehead atoms. The van der Waals surface area contributed by atoms with Crippen LogP contribution in [-0.4, -0.2) is 41.7 Å². The van der Waals surface area contributed by atoms with E-state index < -0.39 is 0 Å². The number of ether oxygens (including phenoxy) is 1. The van der Waals surface area contributed by atoms with E-state index in [0.717, 1.165) is 31.5 Å². The molecule has 0 amide bonds. The maximum absolute atomic E-state index is 5.63. The highest BCUT2D eigenvalue weighted by Crippen LogP contribution is 2.30. The minimum atomic E-state index is 0.146. The fourth-order valence-electron chi connectivity index (χ4n) is 2.88. The Bertz CT molecular complexity index is 423. The van der Waals surface area contributed by atoms with Crippen molar-refractivity contribution >= 4 is 5.95 Å². The van der Waals surface area contributed by atoms with E-state index in [2.05, 4.69) is 20.2 Å². The van der Waals surface area contributed by atoms with Gasteiger partial charge in [-0.3, -0.25) is 0 Å². The van der Waals surface area contributed by atoms with Crippen molar-refractivity contribution < 1.29 is 4.74 Å². The molecule has 5 heteroatoms. The molecule has 2 aliphatic rings. The van der Waals surface area contributed by atoms with Crippen molar-refractivity contribution in [1.29, 1.82) is 0 Å². The third kappa shape index (κ3) is 2.14. The lowest BCUT2D eigenvalue weighted by molar-refractivity contribution is 0.232. The lowest BCUT2D eigenvalue weighted by atomic mass is 10.1. The lowest BCUT2D eigenvalue weighted by Gasteiger charge is -2.23. The molecule has 2 saturated heterocycles. The Kier molecular flexibility index (Phi) is 3.07. The molecule has 3 heterocycles. The molecular weight excluding hydrogens is 228 g/mol. The summed E-state index contributed by atoms with van der Waals surface area (Å²) in [6, 6.07) is 2.38. The third-order valence-electron chi connectivity index (χ3n) is 3.68. The largest absolute Gasteiger partial charge is 0.475 e. The van der Waals surface area contributed by atoms with Crippen LogP contribution in [0.2, 0.25) is 0 Å². The molecule has 0 aromatic carbocycles. The van der Waals surface area contributed by atoms with Crippen LogP contribution in [0.3, 0.4) is 0 Å². The molecule has 2 fully saturated rings. The summed E-state index contributed by atoms with van der Waals surface area (Å²) in [5.41, 5.74) is 0. The number of nitrogens with one attached hydrogen (secondary N) is 1. The van der Waals surface area contributed by atoms with Crippen LogP contribution in [0, 0.1) is 5.92 Å². The Morgan fingerprint density at radius 3 is 3.17 bits per heavy atom. The van der Waals surface area contributed by atoms with Gasteiger partial charge in [0.05, 0.1) is 6.10 Å². The summed E-state index contributed by atoms with van der Waals surface area (Å²) in [4.78, 5) is 11.2. The van der Waals surface area contributed by atoms with Gasteiger partial charge in [0.25, 0.3) is 0 Å². The normalized spacial score (nSPS) is 26.7. The molecule has 1 N–H and O–H groups in total. The maximum atomic E-state index is 5.63. The minimum Gasteiger partial charge on any atom is -0.475 e. The first kappa shape index (κ1) is 11.7. The monoisotopic (exact) mass is 248 g/mol. The molecule has 2 atom stereocenters. The van der Waals surface area contributed by atoms with Crippen LogP contribution in [0.4, 0.5) is 5.95 Å². The number of aromatic nitrogens is 2. The molecule has 18 heavy (non-hydrogen) atoms. The molecule has 0 unspecified atom stereocenters. The van der Waals surface area contributed by atoms with E-state index in [1.54, 1.807) is 6.20 Å². The zero-order valence-corrected chi connectivity index (χ0v) is 11.0. The summed E-state index contributed by atoms with van der Waals surface area (Å²) in [6.45, 7) is 7.25. The van der Waals surface area contributed by atoms with Crippen LogP contribution in [0.25, 0.3) is 0 Å². The number of hydrogen-bond donors (Lipinski definition) is 1. The second-order valence-electron chi connectivity index (χ2n) is 5.33. The molecule has 3 rings (SSSR count). The van der Waals surface area contributed by atoms with Crippen molar-refractivity contribution in [3.8, 4) is 5.88 Å². The van der Waals surface area contributed by atoms with Gasteiger partial charge in [-0.1, -0.05) is 0 Å². The number of nitrogens with zero attached hydrogens (tertiary/aromatic N) is 3. The predicted octanol–water partition coefficient (Wildman–Crippen LogP) is 1.06. The van der Waals surface area contributed by atoms with Crippen LogP contribution < -0.4 is 15.0 Å². The molecule has 5 nitrogen and oxygen atoms in total. The molecule has 0 saturated carbocycles. The summed E-state index contributed by atoms with van der Waals surface area (Å²) in [5, 5.41) is 3.44. The second kappa shape index (κ2) is 4.72. The summed E-state index contributed by atoms with van der Waals surface area (Å²) >= 11 is 0. The minimum absolute atomic E-state index is 0.146. The summed E-state index contributed by atoms with van der Waals surface area (Å²) in [6.07, 6.45) is 3.17. The van der Waals surface area contributed by atoms with Gasteiger partial charge in [-0.25, -0.2) is 4.98 Å². The van der Waals surface area contributed by atoms with Crippen LogP contribution in [0.1, 0.15) is 20.3 Å². The van der Waals surface area contributed by atoms with E-state index in [4.69, 9.17) is 4.74 Å². The van der Waals surface area contributed by atoms with Gasteiger partial charge >= 0.3 is 0 Å². The van der Waals surface area contributed by atoms with Crippen molar-refractivity contribution in [3.05, 3.63) is 12.3 Å². The van der Waals surface area contributed by atoms with E-state index in [9.17, 15) is 0 Å². The SMILES string of the molecule is CC(C)Oc1ccnc(N2CC[C@H]3CNC[C@H]32)n1. The first-order valence-electron chi connectivity index (χ1n) is 6.71. The topological polar surface area (TPSA) is 50.3 Å². The van der Waals surface area contributed by atoms with Crippen molar-refractivity contribution in [2.24, 2.45) is 5.92 Å². The van der Waals surface area contributed by atoms with Gasteiger partial charge in [-0.2, -0.15) is 4.98 Å². The third-order valence-corrected chi connectivity index (χ3v) is 3.68. The van der Waals surface area contributed by atoms with Crippen LogP contribution in [0.5, 0.6) is 5.88 Å². The summed E-state index contributed by atoms with van der Waals surface area (Å²) in [7, 11) is 0. The van der Waals surface area contributed by atoms with Gasteiger partial charge in [0.2, 0.25) is 11.8 Å². The Morgan fingerprint density at radius 2 is 2.33 bits per heavy atom. The zero-order valence-electron chi connectivity index (χ0n) is 11.0. The highest BCUT2D eigenvalue weighted by atomic mass is 16.5. The first-order chi connectivity index (χ1) is 8.74. The van der Waals surface area contributed by atoms with Crippen molar-refractivity contribution in [3.63, 3.8) is 0 Å². The fraction of sp³-hybridized carbons (Fsp3) is 0.692. The lowest BCUT2D eigenvalue weighted by Crippen LogP contribution is -2.35. The standard InChI is InChI=1S/C13H20N4O/c1-9(2)18-12-3-5-15-13(16-12)17-6-4-10-7-14-8-11(10)17/h3,5,9-11,14H,4,6-8H2,1-2H3/t10-,11+/m0/s1. The molecule has 0 spiro atoms. The van der Waals surface area contributed by atoms with E-state index in [-0.39, 0.29) is 6.10 Å². The molecule has 1 aromatic rings. The van der Waals surface area contributed by atoms with Gasteiger partial charge in [-0.05, 0) is 26.2 Å². The van der Waals surface area contributed by atoms with Crippen LogP contribution in [0.15, 0.2) is 12.3 Å². The summed E-state index contributed by atoms with van der Waals surface area (Å²) in [5.74, 6) is 2.23. The Balaban J connectivity index is 1.79. The van der Waals surface area contributed by atoms with Gasteiger partial charge in [0.1, 0.15) is 0 Å². The number of fused-ring (bicyclic) bond motifs is 1. The van der Waals surface area contributed by atoms with Gasteiger partial charge in [0, 0.05) is 37.9 Å². The number of anilines is 1. The fourth-order valence-corrected chi connectivity index (χ4v) is 2.88. The zero-order chi connectivity index (χ0) is 12.5. The van der Waals surface area contributed by atoms with Crippen molar-refractivity contribution in [2.45, 2.75) is 32.4 Å². The highest BCUT2D eigenvalue weighted by Gasteiger charge is 2.38. The number of hydrogen-bond acceptors (Lipinski definition) is 5. The van der Waals surface area contributed by atoms with Gasteiger partial charge < -0.3 is 15.0 Å². The molecular formula is C13H20N4O. The first-order valence-corrected chi connectivity index (χ1v) is 6.71. The van der Waals surface area contributed by atoms with Crippen molar-refractivity contribution in [2.75, 3.05) is 24.5 Å². The van der Waals surface area contributed by atoms with E-state index in [0.29, 0.717) is 11.9 Å². The Labute approximate surface area is 108 Å². The summed E-state index contributed by atoms with van der Waals surface area (Å²) < 4.78 is 5.63. The average Bonchev–Trinajstić information content (AvgIpc) is 2.89. The van der Waals surface area contributed by atoms with Crippen molar-refractivity contribution in [1.82, 2.24) is 15.3 Å². The smallest absolute Gasteiger partial charge is 0.228 e. The second-order valence-corrected chi connectivity index (χ2v) is 5.33. The molecule has 98 valence electrons. The Hall–Kier alpha value is -1.36. The Morgan fingerprint density at radius 1 is 1.44 bits per heavy atom. The van der Waals surface area contributed by atoms with Gasteiger partial charge in [0.15, 0.2) is 0 Å². The molecule has 1 aromatic heterocycles. The predicted molar refractivity (Wildman–Crippen MR) is 69.9 cm³/mol. The highest BCUT2D eigenvalue weighted by molar-refractivity contribution is 5.37. The molecule has 2 aliphatic heterocycles. The quantitative estimate of drug-likeness (QED) is 0.867. The molecule has 0 radical (unpaired) electrons. The van der Waals surface area contributed by atoms with Crippen LogP contribution >= 0.6 is 0 Å². The van der Waals surface area contributed by atoms with E-state index in [1.165, 1.54) is 6.42 Å². The van der Waals surface area contributed by atoms with Crippen LogP contribution in [-0.2, 0) is 0 Å².